The van der Waals surface area contributed by atoms with Gasteiger partial charge in [0.25, 0.3) is 0 Å². The standard InChI is InChI=1S/C22H32N4O3/c1-26(2)20-14-21(25-19-7-5-4-6-18(19)20)24-17-10-8-16(9-11-17)15-23-22(27)29-13-12-28-3/h4-7,14,16-17H,8-13,15H2,1-3H3,(H,23,27)(H,24,25). The van der Waals surface area contributed by atoms with Crippen LogP contribution in [0.3, 0.4) is 0 Å². The van der Waals surface area contributed by atoms with Gasteiger partial charge in [-0.25, -0.2) is 9.78 Å². The van der Waals surface area contributed by atoms with E-state index < -0.39 is 0 Å². The first kappa shape index (κ1) is 21.2. The Bertz CT molecular complexity index is 804. The van der Waals surface area contributed by atoms with E-state index in [1.165, 1.54) is 5.69 Å². The number of benzene rings is 1. The highest BCUT2D eigenvalue weighted by Crippen LogP contribution is 2.30. The van der Waals surface area contributed by atoms with Gasteiger partial charge in [0, 0.05) is 50.9 Å². The summed E-state index contributed by atoms with van der Waals surface area (Å²) in [5, 5.41) is 7.65. The predicted molar refractivity (Wildman–Crippen MR) is 117 cm³/mol. The number of alkyl carbamates (subject to hydrolysis) is 1. The number of nitrogens with one attached hydrogen (secondary N) is 2. The van der Waals surface area contributed by atoms with E-state index in [9.17, 15) is 4.79 Å². The SMILES string of the molecule is COCCOC(=O)NCC1CCC(Nc2cc(N(C)C)c3ccccc3n2)CC1. The Labute approximate surface area is 172 Å². The number of anilines is 2. The fraction of sp³-hybridized carbons (Fsp3) is 0.545. The molecule has 1 aromatic heterocycles. The lowest BCUT2D eigenvalue weighted by Gasteiger charge is -2.30. The Balaban J connectivity index is 1.50. The summed E-state index contributed by atoms with van der Waals surface area (Å²) in [7, 11) is 5.70. The summed E-state index contributed by atoms with van der Waals surface area (Å²) in [6.07, 6.45) is 3.92. The molecular formula is C22H32N4O3. The van der Waals surface area contributed by atoms with Crippen molar-refractivity contribution >= 4 is 28.5 Å². The van der Waals surface area contributed by atoms with E-state index in [1.54, 1.807) is 7.11 Å². The molecule has 7 heteroatoms. The van der Waals surface area contributed by atoms with E-state index in [4.69, 9.17) is 14.5 Å². The third kappa shape index (κ3) is 5.97. The van der Waals surface area contributed by atoms with Crippen molar-refractivity contribution in [2.45, 2.75) is 31.7 Å². The molecule has 0 radical (unpaired) electrons. The molecule has 2 aromatic rings. The van der Waals surface area contributed by atoms with Gasteiger partial charge in [-0.2, -0.15) is 0 Å². The molecule has 0 bridgehead atoms. The summed E-state index contributed by atoms with van der Waals surface area (Å²) >= 11 is 0. The van der Waals surface area contributed by atoms with E-state index in [-0.39, 0.29) is 12.7 Å². The number of para-hydroxylation sites is 1. The van der Waals surface area contributed by atoms with Gasteiger partial charge in [0.2, 0.25) is 0 Å². The molecule has 3 rings (SSSR count). The monoisotopic (exact) mass is 400 g/mol. The Morgan fingerprint density at radius 3 is 2.66 bits per heavy atom. The van der Waals surface area contributed by atoms with Gasteiger partial charge in [-0.05, 0) is 37.7 Å². The second-order valence-electron chi connectivity index (χ2n) is 7.81. The summed E-state index contributed by atoms with van der Waals surface area (Å²) in [4.78, 5) is 18.6. The largest absolute Gasteiger partial charge is 0.447 e. The van der Waals surface area contributed by atoms with Gasteiger partial charge in [0.1, 0.15) is 12.4 Å². The van der Waals surface area contributed by atoms with Gasteiger partial charge in [0.15, 0.2) is 0 Å². The van der Waals surface area contributed by atoms with Crippen molar-refractivity contribution < 1.29 is 14.3 Å². The van der Waals surface area contributed by atoms with Crippen LogP contribution in [-0.2, 0) is 9.47 Å². The van der Waals surface area contributed by atoms with Crippen LogP contribution in [-0.4, -0.2) is 58.1 Å². The Kier molecular flexibility index (Phi) is 7.52. The van der Waals surface area contributed by atoms with E-state index in [1.807, 2.05) is 12.1 Å². The van der Waals surface area contributed by atoms with Crippen LogP contribution in [0.5, 0.6) is 0 Å². The molecule has 1 aromatic carbocycles. The zero-order chi connectivity index (χ0) is 20.6. The van der Waals surface area contributed by atoms with Crippen molar-refractivity contribution in [1.82, 2.24) is 10.3 Å². The number of hydrogen-bond acceptors (Lipinski definition) is 6. The van der Waals surface area contributed by atoms with Gasteiger partial charge in [-0.1, -0.05) is 18.2 Å². The van der Waals surface area contributed by atoms with Crippen molar-refractivity contribution in [3.8, 4) is 0 Å². The average Bonchev–Trinajstić information content (AvgIpc) is 2.73. The van der Waals surface area contributed by atoms with E-state index in [0.717, 1.165) is 42.4 Å². The molecule has 1 saturated carbocycles. The maximum Gasteiger partial charge on any atom is 0.407 e. The smallest absolute Gasteiger partial charge is 0.407 e. The molecule has 1 aliphatic rings. The molecule has 1 aliphatic carbocycles. The maximum absolute atomic E-state index is 11.6. The molecule has 158 valence electrons. The van der Waals surface area contributed by atoms with Gasteiger partial charge < -0.3 is 25.0 Å². The van der Waals surface area contributed by atoms with Crippen LogP contribution >= 0.6 is 0 Å². The summed E-state index contributed by atoms with van der Waals surface area (Å²) < 4.78 is 9.91. The normalized spacial score (nSPS) is 19.0. The number of carbonyl (C=O) groups is 1. The molecule has 0 atom stereocenters. The molecule has 1 amide bonds. The number of pyridine rings is 1. The van der Waals surface area contributed by atoms with E-state index in [2.05, 4.69) is 47.8 Å². The minimum absolute atomic E-state index is 0.284. The van der Waals surface area contributed by atoms with Crippen LogP contribution in [0.1, 0.15) is 25.7 Å². The number of hydrogen-bond donors (Lipinski definition) is 2. The summed E-state index contributed by atoms with van der Waals surface area (Å²) in [5.74, 6) is 1.42. The van der Waals surface area contributed by atoms with Crippen molar-refractivity contribution in [3.63, 3.8) is 0 Å². The van der Waals surface area contributed by atoms with Gasteiger partial charge in [0.05, 0.1) is 12.1 Å². The number of aromatic nitrogens is 1. The fourth-order valence-corrected chi connectivity index (χ4v) is 3.82. The predicted octanol–water partition coefficient (Wildman–Crippen LogP) is 3.64. The lowest BCUT2D eigenvalue weighted by molar-refractivity contribution is 0.0972. The molecule has 2 N–H and O–H groups in total. The highest BCUT2D eigenvalue weighted by molar-refractivity contribution is 5.93. The lowest BCUT2D eigenvalue weighted by atomic mass is 9.86. The second-order valence-corrected chi connectivity index (χ2v) is 7.81. The van der Waals surface area contributed by atoms with Gasteiger partial charge in [-0.15, -0.1) is 0 Å². The Hall–Kier alpha value is -2.54. The van der Waals surface area contributed by atoms with Crippen molar-refractivity contribution in [1.29, 1.82) is 0 Å². The molecule has 29 heavy (non-hydrogen) atoms. The van der Waals surface area contributed by atoms with Crippen molar-refractivity contribution in [3.05, 3.63) is 30.3 Å². The molecule has 1 heterocycles. The first-order valence-corrected chi connectivity index (χ1v) is 10.3. The molecule has 0 unspecified atom stereocenters. The minimum atomic E-state index is -0.362. The Morgan fingerprint density at radius 2 is 1.93 bits per heavy atom. The fourth-order valence-electron chi connectivity index (χ4n) is 3.82. The van der Waals surface area contributed by atoms with Gasteiger partial charge >= 0.3 is 6.09 Å². The second kappa shape index (κ2) is 10.3. The van der Waals surface area contributed by atoms with Gasteiger partial charge in [-0.3, -0.25) is 0 Å². The van der Waals surface area contributed by atoms with Crippen LogP contribution in [0.15, 0.2) is 30.3 Å². The number of rotatable bonds is 8. The van der Waals surface area contributed by atoms with E-state index in [0.29, 0.717) is 25.1 Å². The third-order valence-corrected chi connectivity index (χ3v) is 5.43. The highest BCUT2D eigenvalue weighted by atomic mass is 16.6. The lowest BCUT2D eigenvalue weighted by Crippen LogP contribution is -2.34. The zero-order valence-electron chi connectivity index (χ0n) is 17.6. The quantitative estimate of drug-likeness (QED) is 0.659. The van der Waals surface area contributed by atoms with E-state index >= 15 is 0 Å². The number of fused-ring (bicyclic) bond motifs is 1. The van der Waals surface area contributed by atoms with Crippen molar-refractivity contribution in [2.24, 2.45) is 5.92 Å². The third-order valence-electron chi connectivity index (χ3n) is 5.43. The molecule has 0 aliphatic heterocycles. The zero-order valence-corrected chi connectivity index (χ0v) is 17.6. The van der Waals surface area contributed by atoms with Crippen LogP contribution in [0.2, 0.25) is 0 Å². The van der Waals surface area contributed by atoms with Crippen LogP contribution < -0.4 is 15.5 Å². The minimum Gasteiger partial charge on any atom is -0.447 e. The number of carbonyl (C=O) groups excluding carboxylic acids is 1. The molecule has 0 saturated heterocycles. The topological polar surface area (TPSA) is 75.7 Å². The molecule has 1 fully saturated rings. The van der Waals surface area contributed by atoms with Crippen LogP contribution in [0.25, 0.3) is 10.9 Å². The summed E-state index contributed by atoms with van der Waals surface area (Å²) in [6, 6.07) is 10.8. The van der Waals surface area contributed by atoms with Crippen molar-refractivity contribution in [2.75, 3.05) is 51.2 Å². The molecule has 7 nitrogen and oxygen atoms in total. The number of amides is 1. The van der Waals surface area contributed by atoms with Crippen LogP contribution in [0, 0.1) is 5.92 Å². The first-order valence-electron chi connectivity index (χ1n) is 10.3. The maximum atomic E-state index is 11.6. The highest BCUT2D eigenvalue weighted by Gasteiger charge is 2.22. The number of nitrogens with zero attached hydrogens (tertiary/aromatic N) is 2. The molecular weight excluding hydrogens is 368 g/mol. The average molecular weight is 401 g/mol. The Morgan fingerprint density at radius 1 is 1.17 bits per heavy atom. The summed E-state index contributed by atoms with van der Waals surface area (Å²) in [5.41, 5.74) is 2.18. The van der Waals surface area contributed by atoms with Crippen LogP contribution in [0.4, 0.5) is 16.3 Å². The summed E-state index contributed by atoms with van der Waals surface area (Å²) in [6.45, 7) is 1.37. The number of methoxy groups -OCH3 is 1. The number of ether oxygens (including phenoxy) is 2. The molecule has 0 spiro atoms. The first-order chi connectivity index (χ1) is 14.1.